The van der Waals surface area contributed by atoms with E-state index in [-0.39, 0.29) is 11.9 Å². The third kappa shape index (κ3) is 2.74. The molecule has 0 unspecified atom stereocenters. The predicted octanol–water partition coefficient (Wildman–Crippen LogP) is 3.99. The van der Waals surface area contributed by atoms with E-state index in [0.29, 0.717) is 9.23 Å². The minimum atomic E-state index is -0.0620. The Labute approximate surface area is 139 Å². The Balaban J connectivity index is 1.89. The van der Waals surface area contributed by atoms with E-state index in [2.05, 4.69) is 0 Å². The highest BCUT2D eigenvalue weighted by atomic mass is 32.2. The quantitative estimate of drug-likeness (QED) is 0.629. The fourth-order valence-electron chi connectivity index (χ4n) is 2.45. The van der Waals surface area contributed by atoms with E-state index in [9.17, 15) is 4.79 Å². The Hall–Kier alpha value is -1.85. The van der Waals surface area contributed by atoms with Crippen LogP contribution in [0.25, 0.3) is 6.08 Å². The molecule has 0 aliphatic carbocycles. The van der Waals surface area contributed by atoms with Crippen molar-refractivity contribution >= 4 is 40.3 Å². The van der Waals surface area contributed by atoms with Crippen LogP contribution in [0.15, 0.2) is 53.6 Å². The topological polar surface area (TPSA) is 25.2 Å². The number of carbonyl (C=O) groups is 1. The third-order valence-corrected chi connectivity index (χ3v) is 5.09. The summed E-state index contributed by atoms with van der Waals surface area (Å²) in [4.78, 5) is 15.1. The van der Waals surface area contributed by atoms with Crippen LogP contribution < -0.4 is 0 Å². The molecule has 0 saturated carbocycles. The fourth-order valence-corrected chi connectivity index (χ4v) is 3.86. The van der Waals surface area contributed by atoms with Gasteiger partial charge >= 0.3 is 0 Å². The molecule has 22 heavy (non-hydrogen) atoms. The summed E-state index contributed by atoms with van der Waals surface area (Å²) in [6.07, 6.45) is 3.86. The van der Waals surface area contributed by atoms with Crippen LogP contribution in [0.1, 0.15) is 24.2 Å². The van der Waals surface area contributed by atoms with Crippen LogP contribution in [0.2, 0.25) is 0 Å². The largest absolute Gasteiger partial charge is 0.351 e. The Morgan fingerprint density at radius 1 is 1.18 bits per heavy atom. The second-order valence-corrected chi connectivity index (χ2v) is 6.86. The van der Waals surface area contributed by atoms with E-state index in [1.54, 1.807) is 4.90 Å². The molecule has 0 spiro atoms. The van der Waals surface area contributed by atoms with Gasteiger partial charge in [0, 0.05) is 18.9 Å². The lowest BCUT2D eigenvalue weighted by molar-refractivity contribution is -0.123. The Morgan fingerprint density at radius 2 is 1.91 bits per heavy atom. The van der Waals surface area contributed by atoms with Crippen molar-refractivity contribution in [3.63, 3.8) is 0 Å². The molecule has 1 aromatic heterocycles. The molecule has 3 nitrogen and oxygen atoms in total. The number of amides is 1. The van der Waals surface area contributed by atoms with Gasteiger partial charge in [0.15, 0.2) is 0 Å². The maximum absolute atomic E-state index is 12.7. The molecule has 1 aliphatic rings. The number of thioether (sulfide) groups is 1. The van der Waals surface area contributed by atoms with Crippen LogP contribution in [0.4, 0.5) is 0 Å². The minimum Gasteiger partial charge on any atom is -0.351 e. The summed E-state index contributed by atoms with van der Waals surface area (Å²) in [5.41, 5.74) is 2.08. The van der Waals surface area contributed by atoms with Crippen LogP contribution in [0.3, 0.4) is 0 Å². The SMILES string of the molecule is C[C@H](c1ccccc1)N1C(=O)/C(=C/c2cccn2C)SC1=S. The summed E-state index contributed by atoms with van der Waals surface area (Å²) in [6.45, 7) is 2.01. The first-order valence-electron chi connectivity index (χ1n) is 7.01. The van der Waals surface area contributed by atoms with Gasteiger partial charge in [-0.3, -0.25) is 9.69 Å². The minimum absolute atomic E-state index is 0.0208. The monoisotopic (exact) mass is 328 g/mol. The van der Waals surface area contributed by atoms with Gasteiger partial charge in [-0.05, 0) is 30.7 Å². The van der Waals surface area contributed by atoms with Crippen LogP contribution in [0.5, 0.6) is 0 Å². The lowest BCUT2D eigenvalue weighted by atomic mass is 10.1. The summed E-state index contributed by atoms with van der Waals surface area (Å²) in [5, 5.41) is 0. The first-order valence-corrected chi connectivity index (χ1v) is 8.24. The van der Waals surface area contributed by atoms with Crippen LogP contribution in [-0.4, -0.2) is 19.7 Å². The highest BCUT2D eigenvalue weighted by molar-refractivity contribution is 8.26. The van der Waals surface area contributed by atoms with Gasteiger partial charge in [-0.1, -0.05) is 54.3 Å². The Kier molecular flexibility index (Phi) is 4.18. The maximum atomic E-state index is 12.7. The summed E-state index contributed by atoms with van der Waals surface area (Å²) in [5.74, 6) is -0.0208. The van der Waals surface area contributed by atoms with E-state index < -0.39 is 0 Å². The Bertz CT molecular complexity index is 749. The zero-order valence-corrected chi connectivity index (χ0v) is 14.0. The zero-order chi connectivity index (χ0) is 15.7. The molecule has 0 bridgehead atoms. The number of thiocarbonyl (C=S) groups is 1. The Morgan fingerprint density at radius 3 is 2.55 bits per heavy atom. The molecule has 112 valence electrons. The van der Waals surface area contributed by atoms with E-state index in [1.807, 2.05) is 73.3 Å². The number of carbonyl (C=O) groups excluding carboxylic acids is 1. The number of aryl methyl sites for hydroxylation is 1. The number of hydrogen-bond donors (Lipinski definition) is 0. The molecule has 1 atom stereocenters. The van der Waals surface area contributed by atoms with Gasteiger partial charge in [-0.2, -0.15) is 0 Å². The van der Waals surface area contributed by atoms with Crippen molar-refractivity contribution in [1.29, 1.82) is 0 Å². The van der Waals surface area contributed by atoms with Crippen LogP contribution in [0, 0.1) is 0 Å². The first kappa shape index (κ1) is 15.1. The summed E-state index contributed by atoms with van der Waals surface area (Å²) >= 11 is 6.79. The summed E-state index contributed by atoms with van der Waals surface area (Å²) in [7, 11) is 1.96. The molecule has 2 aromatic rings. The van der Waals surface area contributed by atoms with Crippen molar-refractivity contribution < 1.29 is 4.79 Å². The van der Waals surface area contributed by atoms with Crippen molar-refractivity contribution in [3.8, 4) is 0 Å². The van der Waals surface area contributed by atoms with Crippen molar-refractivity contribution in [2.45, 2.75) is 13.0 Å². The van der Waals surface area contributed by atoms with E-state index in [1.165, 1.54) is 11.8 Å². The molecule has 2 heterocycles. The summed E-state index contributed by atoms with van der Waals surface area (Å²) < 4.78 is 2.59. The molecule has 1 fully saturated rings. The second kappa shape index (κ2) is 6.10. The van der Waals surface area contributed by atoms with Crippen molar-refractivity contribution in [1.82, 2.24) is 9.47 Å². The second-order valence-electron chi connectivity index (χ2n) is 5.18. The van der Waals surface area contributed by atoms with Gasteiger partial charge in [-0.15, -0.1) is 0 Å². The molecule has 1 aliphatic heterocycles. The normalized spacial score (nSPS) is 18.3. The number of rotatable bonds is 3. The van der Waals surface area contributed by atoms with Gasteiger partial charge in [0.1, 0.15) is 4.32 Å². The maximum Gasteiger partial charge on any atom is 0.266 e. The average Bonchev–Trinajstić information content (AvgIpc) is 3.04. The molecule has 0 radical (unpaired) electrons. The molecule has 3 rings (SSSR count). The van der Waals surface area contributed by atoms with Crippen LogP contribution in [-0.2, 0) is 11.8 Å². The van der Waals surface area contributed by atoms with Crippen molar-refractivity contribution in [3.05, 3.63) is 64.8 Å². The van der Waals surface area contributed by atoms with Gasteiger partial charge in [-0.25, -0.2) is 0 Å². The number of hydrogen-bond acceptors (Lipinski definition) is 3. The highest BCUT2D eigenvalue weighted by Gasteiger charge is 2.35. The molecular weight excluding hydrogens is 312 g/mol. The van der Waals surface area contributed by atoms with Gasteiger partial charge in [0.05, 0.1) is 10.9 Å². The lowest BCUT2D eigenvalue weighted by Crippen LogP contribution is -2.30. The van der Waals surface area contributed by atoms with Crippen molar-refractivity contribution in [2.24, 2.45) is 7.05 Å². The molecule has 0 N–H and O–H groups in total. The number of benzene rings is 1. The molecule has 5 heteroatoms. The fraction of sp³-hybridized carbons (Fsp3) is 0.176. The van der Waals surface area contributed by atoms with Gasteiger partial charge in [0.25, 0.3) is 5.91 Å². The lowest BCUT2D eigenvalue weighted by Gasteiger charge is -2.23. The zero-order valence-electron chi connectivity index (χ0n) is 12.4. The average molecular weight is 328 g/mol. The van der Waals surface area contributed by atoms with Crippen molar-refractivity contribution in [2.75, 3.05) is 0 Å². The highest BCUT2D eigenvalue weighted by Crippen LogP contribution is 2.37. The van der Waals surface area contributed by atoms with Gasteiger partial charge in [0.2, 0.25) is 0 Å². The predicted molar refractivity (Wildman–Crippen MR) is 95.3 cm³/mol. The number of nitrogens with zero attached hydrogens (tertiary/aromatic N) is 2. The first-order chi connectivity index (χ1) is 10.6. The standard InChI is InChI=1S/C17H16N2OS2/c1-12(13-7-4-3-5-8-13)19-16(20)15(22-17(19)21)11-14-9-6-10-18(14)2/h3-12H,1-2H3/b15-11-/t12-/m1/s1. The third-order valence-electron chi connectivity index (χ3n) is 3.76. The number of aromatic nitrogens is 1. The van der Waals surface area contributed by atoms with Gasteiger partial charge < -0.3 is 4.57 Å². The molecular formula is C17H16N2OS2. The van der Waals surface area contributed by atoms with E-state index in [4.69, 9.17) is 12.2 Å². The van der Waals surface area contributed by atoms with E-state index >= 15 is 0 Å². The van der Waals surface area contributed by atoms with E-state index in [0.717, 1.165) is 11.3 Å². The molecule has 1 amide bonds. The smallest absolute Gasteiger partial charge is 0.266 e. The van der Waals surface area contributed by atoms with Crippen LogP contribution >= 0.6 is 24.0 Å². The summed E-state index contributed by atoms with van der Waals surface area (Å²) in [6, 6.07) is 13.8. The molecule has 1 aromatic carbocycles. The molecule has 1 saturated heterocycles.